The summed E-state index contributed by atoms with van der Waals surface area (Å²) >= 11 is 0. The monoisotopic (exact) mass is 304 g/mol. The average molecular weight is 304 g/mol. The quantitative estimate of drug-likeness (QED) is 0.723. The zero-order chi connectivity index (χ0) is 14.5. The van der Waals surface area contributed by atoms with Gasteiger partial charge in [0, 0.05) is 17.1 Å². The van der Waals surface area contributed by atoms with Gasteiger partial charge in [0.25, 0.3) is 0 Å². The molecule has 0 heterocycles. The molecule has 1 rings (SSSR count). The Morgan fingerprint density at radius 2 is 1.63 bits per heavy atom. The van der Waals surface area contributed by atoms with Gasteiger partial charge in [-0.25, -0.2) is 0 Å². The molecule has 0 fully saturated rings. The first-order valence-corrected chi connectivity index (χ1v) is 9.30. The minimum atomic E-state index is -3.52. The van der Waals surface area contributed by atoms with Crippen molar-refractivity contribution in [3.05, 3.63) is 35.9 Å². The fourth-order valence-electron chi connectivity index (χ4n) is 1.85. The van der Waals surface area contributed by atoms with Crippen LogP contribution in [0.25, 0.3) is 0 Å². The largest absolute Gasteiger partial charge is 0.353 e. The first kappa shape index (κ1) is 16.6. The van der Waals surface area contributed by atoms with Gasteiger partial charge in [0.1, 0.15) is 0 Å². The number of benzene rings is 1. The molecule has 0 spiro atoms. The Hall–Kier alpha value is -0.480. The Bertz CT molecular complexity index is 467. The number of hydrogen-bond donors (Lipinski definition) is 0. The van der Waals surface area contributed by atoms with Crippen molar-refractivity contribution in [2.24, 2.45) is 0 Å². The Balaban J connectivity index is 3.40. The van der Waals surface area contributed by atoms with Crippen LogP contribution in [0, 0.1) is 0 Å². The van der Waals surface area contributed by atoms with Crippen LogP contribution >= 0.6 is 7.60 Å². The van der Waals surface area contributed by atoms with Crippen molar-refractivity contribution >= 4 is 18.4 Å². The highest BCUT2D eigenvalue weighted by atomic mass is 32.2. The van der Waals surface area contributed by atoms with Gasteiger partial charge in [0.05, 0.1) is 13.2 Å². The fraction of sp³-hybridized carbons (Fsp3) is 0.538. The predicted octanol–water partition coefficient (Wildman–Crippen LogP) is 3.50. The van der Waals surface area contributed by atoms with Crippen molar-refractivity contribution in [2.45, 2.75) is 25.3 Å². The third kappa shape index (κ3) is 3.16. The Morgan fingerprint density at radius 1 is 1.16 bits per heavy atom. The lowest BCUT2D eigenvalue weighted by atomic mass is 10.2. The maximum absolute atomic E-state index is 13.0. The standard InChI is InChI=1S/C13H21O4PS/c1-5-16-18(14,17-6-2)13(3,19(4)15)12-10-8-7-9-11-12/h7-11H,5-6H2,1-4H3. The molecular weight excluding hydrogens is 283 g/mol. The van der Waals surface area contributed by atoms with Gasteiger partial charge in [-0.15, -0.1) is 0 Å². The van der Waals surface area contributed by atoms with Gasteiger partial charge >= 0.3 is 7.60 Å². The summed E-state index contributed by atoms with van der Waals surface area (Å²) < 4.78 is 34.9. The molecule has 0 N–H and O–H groups in total. The SMILES string of the molecule is CCOP(=O)(OCC)C(C)(c1ccccc1)S(C)=O. The molecule has 4 nitrogen and oxygen atoms in total. The van der Waals surface area contributed by atoms with Crippen molar-refractivity contribution in [1.82, 2.24) is 0 Å². The molecule has 2 unspecified atom stereocenters. The molecule has 0 aliphatic heterocycles. The van der Waals surface area contributed by atoms with E-state index in [0.717, 1.165) is 0 Å². The Labute approximate surface area is 117 Å². The molecule has 1 aromatic rings. The molecule has 0 bridgehead atoms. The maximum Gasteiger partial charge on any atom is 0.353 e. The molecule has 6 heteroatoms. The molecule has 0 aliphatic carbocycles. The van der Waals surface area contributed by atoms with Crippen LogP contribution in [0.15, 0.2) is 30.3 Å². The van der Waals surface area contributed by atoms with E-state index in [1.54, 1.807) is 32.9 Å². The van der Waals surface area contributed by atoms with Gasteiger partial charge in [-0.2, -0.15) is 0 Å². The van der Waals surface area contributed by atoms with E-state index in [1.807, 2.05) is 18.2 Å². The summed E-state index contributed by atoms with van der Waals surface area (Å²) in [7, 11) is -4.92. The number of hydrogen-bond acceptors (Lipinski definition) is 4. The highest BCUT2D eigenvalue weighted by molar-refractivity contribution is 7.93. The topological polar surface area (TPSA) is 52.6 Å². The number of rotatable bonds is 7. The highest BCUT2D eigenvalue weighted by Gasteiger charge is 2.51. The van der Waals surface area contributed by atoms with Crippen molar-refractivity contribution in [3.8, 4) is 0 Å². The van der Waals surface area contributed by atoms with Gasteiger partial charge in [0.15, 0.2) is 4.49 Å². The zero-order valence-corrected chi connectivity index (χ0v) is 13.5. The molecular formula is C13H21O4PS. The van der Waals surface area contributed by atoms with Crippen molar-refractivity contribution in [1.29, 1.82) is 0 Å². The van der Waals surface area contributed by atoms with E-state index in [1.165, 1.54) is 6.26 Å². The molecule has 0 radical (unpaired) electrons. The maximum atomic E-state index is 13.0. The van der Waals surface area contributed by atoms with Crippen LogP contribution < -0.4 is 0 Å². The van der Waals surface area contributed by atoms with Crippen molar-refractivity contribution in [3.63, 3.8) is 0 Å². The van der Waals surface area contributed by atoms with Gasteiger partial charge in [-0.1, -0.05) is 30.3 Å². The van der Waals surface area contributed by atoms with Crippen LogP contribution in [-0.4, -0.2) is 23.7 Å². The third-order valence-electron chi connectivity index (χ3n) is 2.99. The van der Waals surface area contributed by atoms with E-state index < -0.39 is 22.9 Å². The lowest BCUT2D eigenvalue weighted by Gasteiger charge is -2.34. The summed E-state index contributed by atoms with van der Waals surface area (Å²) in [6.07, 6.45) is 1.53. The van der Waals surface area contributed by atoms with E-state index in [4.69, 9.17) is 9.05 Å². The van der Waals surface area contributed by atoms with Crippen LogP contribution in [0.3, 0.4) is 0 Å². The van der Waals surface area contributed by atoms with E-state index in [0.29, 0.717) is 5.56 Å². The fourth-order valence-corrected chi connectivity index (χ4v) is 5.61. The van der Waals surface area contributed by atoms with Gasteiger partial charge in [-0.3, -0.25) is 8.77 Å². The molecule has 1 aromatic carbocycles. The molecule has 0 amide bonds. The summed E-state index contributed by atoms with van der Waals surface area (Å²) in [5.41, 5.74) is 0.695. The molecule has 108 valence electrons. The average Bonchev–Trinajstić information content (AvgIpc) is 2.39. The highest BCUT2D eigenvalue weighted by Crippen LogP contribution is 2.66. The Morgan fingerprint density at radius 3 is 2.00 bits per heavy atom. The molecule has 0 saturated heterocycles. The Kier molecular flexibility index (Phi) is 5.93. The third-order valence-corrected chi connectivity index (χ3v) is 8.29. The minimum absolute atomic E-state index is 0.247. The van der Waals surface area contributed by atoms with E-state index in [2.05, 4.69) is 0 Å². The van der Waals surface area contributed by atoms with Gasteiger partial charge < -0.3 is 9.05 Å². The van der Waals surface area contributed by atoms with Crippen LogP contribution in [0.1, 0.15) is 26.3 Å². The second-order valence-corrected chi connectivity index (χ2v) is 8.57. The van der Waals surface area contributed by atoms with Crippen LogP contribution in [0.4, 0.5) is 0 Å². The smallest absolute Gasteiger partial charge is 0.308 e. The zero-order valence-electron chi connectivity index (χ0n) is 11.8. The molecule has 0 aromatic heterocycles. The summed E-state index contributed by atoms with van der Waals surface area (Å²) in [5, 5.41) is 0. The van der Waals surface area contributed by atoms with E-state index in [9.17, 15) is 8.77 Å². The summed E-state index contributed by atoms with van der Waals surface area (Å²) in [5.74, 6) is 0. The van der Waals surface area contributed by atoms with Crippen LogP contribution in [0.2, 0.25) is 0 Å². The normalized spacial score (nSPS) is 16.8. The summed E-state index contributed by atoms with van der Waals surface area (Å²) in [6, 6.07) is 9.10. The van der Waals surface area contributed by atoms with Crippen LogP contribution in [-0.2, 0) is 28.9 Å². The predicted molar refractivity (Wildman–Crippen MR) is 78.7 cm³/mol. The molecule has 0 aliphatic rings. The molecule has 2 atom stereocenters. The summed E-state index contributed by atoms with van der Waals surface area (Å²) in [4.78, 5) is 0. The second-order valence-electron chi connectivity index (χ2n) is 4.14. The first-order chi connectivity index (χ1) is 8.92. The van der Waals surface area contributed by atoms with Gasteiger partial charge in [-0.05, 0) is 26.3 Å². The van der Waals surface area contributed by atoms with Crippen LogP contribution in [0.5, 0.6) is 0 Å². The van der Waals surface area contributed by atoms with E-state index >= 15 is 0 Å². The lowest BCUT2D eigenvalue weighted by Crippen LogP contribution is -2.29. The van der Waals surface area contributed by atoms with E-state index in [-0.39, 0.29) is 13.2 Å². The van der Waals surface area contributed by atoms with Gasteiger partial charge in [0.2, 0.25) is 0 Å². The van der Waals surface area contributed by atoms with Crippen molar-refractivity contribution in [2.75, 3.05) is 19.5 Å². The second kappa shape index (κ2) is 6.80. The minimum Gasteiger partial charge on any atom is -0.308 e. The summed E-state index contributed by atoms with van der Waals surface area (Å²) in [6.45, 7) is 5.66. The first-order valence-electron chi connectivity index (χ1n) is 6.20. The molecule has 19 heavy (non-hydrogen) atoms. The van der Waals surface area contributed by atoms with Crippen molar-refractivity contribution < 1.29 is 17.8 Å². The lowest BCUT2D eigenvalue weighted by molar-refractivity contribution is 0.209. The molecule has 0 saturated carbocycles.